The molecule has 18 heavy (non-hydrogen) atoms. The fourth-order valence-electron chi connectivity index (χ4n) is 2.37. The maximum Gasteiger partial charge on any atom is 0.152 e. The smallest absolute Gasteiger partial charge is 0.152 e. The molecule has 0 saturated heterocycles. The van der Waals surface area contributed by atoms with Gasteiger partial charge in [0.25, 0.3) is 0 Å². The fourth-order valence-corrected chi connectivity index (χ4v) is 2.37. The van der Waals surface area contributed by atoms with Crippen molar-refractivity contribution in [1.29, 1.82) is 0 Å². The number of rotatable bonds is 3. The van der Waals surface area contributed by atoms with Gasteiger partial charge in [-0.3, -0.25) is 4.98 Å². The molecule has 0 saturated carbocycles. The Balaban J connectivity index is 2.62. The first-order chi connectivity index (χ1) is 8.63. The van der Waals surface area contributed by atoms with Crippen molar-refractivity contribution in [2.75, 3.05) is 11.9 Å². The van der Waals surface area contributed by atoms with Crippen molar-refractivity contribution < 1.29 is 0 Å². The lowest BCUT2D eigenvalue weighted by molar-refractivity contribution is 1.12. The second kappa shape index (κ2) is 5.17. The molecule has 1 N–H and O–H groups in total. The van der Waals surface area contributed by atoms with Crippen LogP contribution >= 0.6 is 0 Å². The SMILES string of the molecule is CCNc1nccnc1-c1c(C)cc(C)cc1C. The summed E-state index contributed by atoms with van der Waals surface area (Å²) in [6.07, 6.45) is 3.47. The molecule has 0 aliphatic heterocycles. The van der Waals surface area contributed by atoms with Gasteiger partial charge in [-0.05, 0) is 38.8 Å². The minimum Gasteiger partial charge on any atom is -0.369 e. The first kappa shape index (κ1) is 12.6. The summed E-state index contributed by atoms with van der Waals surface area (Å²) in [7, 11) is 0. The van der Waals surface area contributed by atoms with Crippen molar-refractivity contribution in [3.05, 3.63) is 41.2 Å². The first-order valence-corrected chi connectivity index (χ1v) is 6.26. The molecule has 2 aromatic rings. The van der Waals surface area contributed by atoms with E-state index in [-0.39, 0.29) is 0 Å². The summed E-state index contributed by atoms with van der Waals surface area (Å²) in [5.41, 5.74) is 5.89. The average Bonchev–Trinajstić information content (AvgIpc) is 2.30. The van der Waals surface area contributed by atoms with Crippen LogP contribution in [0.15, 0.2) is 24.5 Å². The highest BCUT2D eigenvalue weighted by atomic mass is 15.0. The number of aryl methyl sites for hydroxylation is 3. The molecule has 1 heterocycles. The van der Waals surface area contributed by atoms with E-state index >= 15 is 0 Å². The second-order valence-corrected chi connectivity index (χ2v) is 4.56. The summed E-state index contributed by atoms with van der Waals surface area (Å²) in [5.74, 6) is 0.857. The van der Waals surface area contributed by atoms with E-state index < -0.39 is 0 Å². The van der Waals surface area contributed by atoms with Gasteiger partial charge in [-0.2, -0.15) is 0 Å². The maximum absolute atomic E-state index is 4.49. The van der Waals surface area contributed by atoms with Crippen molar-refractivity contribution in [2.45, 2.75) is 27.7 Å². The van der Waals surface area contributed by atoms with E-state index in [0.717, 1.165) is 18.1 Å². The maximum atomic E-state index is 4.49. The second-order valence-electron chi connectivity index (χ2n) is 4.56. The first-order valence-electron chi connectivity index (χ1n) is 6.26. The largest absolute Gasteiger partial charge is 0.369 e. The molecule has 3 heteroatoms. The van der Waals surface area contributed by atoms with Crippen molar-refractivity contribution in [1.82, 2.24) is 9.97 Å². The summed E-state index contributed by atoms with van der Waals surface area (Å²) in [5, 5.41) is 3.27. The van der Waals surface area contributed by atoms with E-state index in [9.17, 15) is 0 Å². The summed E-state index contributed by atoms with van der Waals surface area (Å²) >= 11 is 0. The third-order valence-electron chi connectivity index (χ3n) is 2.96. The van der Waals surface area contributed by atoms with E-state index in [1.165, 1.54) is 22.3 Å². The van der Waals surface area contributed by atoms with E-state index in [2.05, 4.69) is 55.1 Å². The normalized spacial score (nSPS) is 10.4. The highest BCUT2D eigenvalue weighted by Crippen LogP contribution is 2.30. The van der Waals surface area contributed by atoms with Gasteiger partial charge in [0.05, 0.1) is 0 Å². The summed E-state index contributed by atoms with van der Waals surface area (Å²) in [6.45, 7) is 9.27. The Bertz CT molecular complexity index is 538. The Morgan fingerprint density at radius 3 is 2.22 bits per heavy atom. The Labute approximate surface area is 108 Å². The Morgan fingerprint density at radius 1 is 1.00 bits per heavy atom. The van der Waals surface area contributed by atoms with Crippen LogP contribution in [-0.4, -0.2) is 16.5 Å². The lowest BCUT2D eigenvalue weighted by Crippen LogP contribution is -2.04. The van der Waals surface area contributed by atoms with Crippen LogP contribution in [0.2, 0.25) is 0 Å². The van der Waals surface area contributed by atoms with Crippen LogP contribution in [0, 0.1) is 20.8 Å². The molecule has 0 aliphatic carbocycles. The van der Waals surface area contributed by atoms with Gasteiger partial charge in [0.1, 0.15) is 5.69 Å². The molecule has 2 rings (SSSR count). The molecule has 0 fully saturated rings. The predicted octanol–water partition coefficient (Wildman–Crippen LogP) is 3.50. The molecule has 3 nitrogen and oxygen atoms in total. The molecule has 0 radical (unpaired) electrons. The molecule has 0 aliphatic rings. The number of aromatic nitrogens is 2. The lowest BCUT2D eigenvalue weighted by Gasteiger charge is -2.14. The van der Waals surface area contributed by atoms with Gasteiger partial charge in [0.15, 0.2) is 5.82 Å². The minimum atomic E-state index is 0.843. The molecule has 0 spiro atoms. The van der Waals surface area contributed by atoms with Crippen molar-refractivity contribution in [3.63, 3.8) is 0 Å². The number of nitrogens with one attached hydrogen (secondary N) is 1. The zero-order chi connectivity index (χ0) is 13.1. The highest BCUT2D eigenvalue weighted by molar-refractivity contribution is 5.76. The van der Waals surface area contributed by atoms with Crippen molar-refractivity contribution in [3.8, 4) is 11.3 Å². The minimum absolute atomic E-state index is 0.843. The number of hydrogen-bond donors (Lipinski definition) is 1. The molecule has 0 amide bonds. The molecule has 1 aromatic carbocycles. The lowest BCUT2D eigenvalue weighted by atomic mass is 9.97. The van der Waals surface area contributed by atoms with Gasteiger partial charge in [-0.15, -0.1) is 0 Å². The number of benzene rings is 1. The number of nitrogens with zero attached hydrogens (tertiary/aromatic N) is 2. The summed E-state index contributed by atoms with van der Waals surface area (Å²) in [6, 6.07) is 4.37. The average molecular weight is 241 g/mol. The van der Waals surface area contributed by atoms with Gasteiger partial charge < -0.3 is 5.32 Å². The number of hydrogen-bond acceptors (Lipinski definition) is 3. The van der Waals surface area contributed by atoms with Crippen LogP contribution < -0.4 is 5.32 Å². The van der Waals surface area contributed by atoms with Crippen LogP contribution in [0.4, 0.5) is 5.82 Å². The predicted molar refractivity (Wildman–Crippen MR) is 75.8 cm³/mol. The molecule has 0 bridgehead atoms. The van der Waals surface area contributed by atoms with Crippen molar-refractivity contribution >= 4 is 5.82 Å². The zero-order valence-electron chi connectivity index (χ0n) is 11.4. The van der Waals surface area contributed by atoms with Gasteiger partial charge in [-0.25, -0.2) is 4.98 Å². The van der Waals surface area contributed by atoms with E-state index in [1.807, 2.05) is 0 Å². The monoisotopic (exact) mass is 241 g/mol. The number of anilines is 1. The van der Waals surface area contributed by atoms with Gasteiger partial charge in [0.2, 0.25) is 0 Å². The van der Waals surface area contributed by atoms with Crippen LogP contribution in [-0.2, 0) is 0 Å². The van der Waals surface area contributed by atoms with Gasteiger partial charge in [0, 0.05) is 24.5 Å². The Kier molecular flexibility index (Phi) is 3.60. The van der Waals surface area contributed by atoms with Gasteiger partial charge >= 0.3 is 0 Å². The summed E-state index contributed by atoms with van der Waals surface area (Å²) < 4.78 is 0. The van der Waals surface area contributed by atoms with Crippen LogP contribution in [0.3, 0.4) is 0 Å². The third-order valence-corrected chi connectivity index (χ3v) is 2.96. The third kappa shape index (κ3) is 2.35. The molecule has 0 atom stereocenters. The summed E-state index contributed by atoms with van der Waals surface area (Å²) in [4.78, 5) is 8.87. The van der Waals surface area contributed by atoms with Crippen LogP contribution in [0.25, 0.3) is 11.3 Å². The van der Waals surface area contributed by atoms with E-state index in [1.54, 1.807) is 12.4 Å². The topological polar surface area (TPSA) is 37.8 Å². The van der Waals surface area contributed by atoms with Crippen LogP contribution in [0.1, 0.15) is 23.6 Å². The fraction of sp³-hybridized carbons (Fsp3) is 0.333. The van der Waals surface area contributed by atoms with E-state index in [4.69, 9.17) is 0 Å². The van der Waals surface area contributed by atoms with E-state index in [0.29, 0.717) is 0 Å². The highest BCUT2D eigenvalue weighted by Gasteiger charge is 2.12. The Hall–Kier alpha value is -1.90. The molecule has 1 aromatic heterocycles. The Morgan fingerprint density at radius 2 is 1.61 bits per heavy atom. The molecule has 0 unspecified atom stereocenters. The quantitative estimate of drug-likeness (QED) is 0.893. The molecular weight excluding hydrogens is 222 g/mol. The van der Waals surface area contributed by atoms with Crippen molar-refractivity contribution in [2.24, 2.45) is 0 Å². The standard InChI is InChI=1S/C15H19N3/c1-5-16-15-14(17-6-7-18-15)13-11(3)8-10(2)9-12(13)4/h6-9H,5H2,1-4H3,(H,16,18). The zero-order valence-corrected chi connectivity index (χ0v) is 11.4. The van der Waals surface area contributed by atoms with Gasteiger partial charge in [-0.1, -0.05) is 17.7 Å². The van der Waals surface area contributed by atoms with Crippen LogP contribution in [0.5, 0.6) is 0 Å². The molecule has 94 valence electrons. The molecular formula is C15H19N3.